The Morgan fingerprint density at radius 2 is 2.13 bits per heavy atom. The van der Waals surface area contributed by atoms with Crippen LogP contribution in [0.3, 0.4) is 0 Å². The van der Waals surface area contributed by atoms with Crippen molar-refractivity contribution in [1.29, 1.82) is 0 Å². The minimum atomic E-state index is -0.246. The van der Waals surface area contributed by atoms with Crippen molar-refractivity contribution in [2.45, 2.75) is 12.0 Å². The Bertz CT molecular complexity index is 315. The Labute approximate surface area is 89.6 Å². The fourth-order valence-electron chi connectivity index (χ4n) is 2.26. The first-order valence-electron chi connectivity index (χ1n) is 5.12. The minimum Gasteiger partial charge on any atom is -0.469 e. The summed E-state index contributed by atoms with van der Waals surface area (Å²) in [6.07, 6.45) is 2.66. The molecule has 1 N–H and O–H groups in total. The first-order chi connectivity index (χ1) is 7.32. The summed E-state index contributed by atoms with van der Waals surface area (Å²) >= 11 is 0. The third kappa shape index (κ3) is 1.80. The molecule has 2 rings (SSSR count). The predicted octanol–water partition coefficient (Wildman–Crippen LogP) is 0.913. The smallest absolute Gasteiger partial charge is 0.110 e. The van der Waals surface area contributed by atoms with Gasteiger partial charge >= 0.3 is 0 Å². The maximum atomic E-state index is 5.45. The SMILES string of the molecule is COCC1(COC)NCCc2occc21. The van der Waals surface area contributed by atoms with Gasteiger partial charge in [-0.25, -0.2) is 0 Å². The zero-order chi connectivity index (χ0) is 10.7. The maximum Gasteiger partial charge on any atom is 0.110 e. The fourth-order valence-corrected chi connectivity index (χ4v) is 2.26. The van der Waals surface area contributed by atoms with Crippen LogP contribution in [0.2, 0.25) is 0 Å². The average molecular weight is 211 g/mol. The Hall–Kier alpha value is -0.840. The lowest BCUT2D eigenvalue weighted by atomic mass is 9.87. The highest BCUT2D eigenvalue weighted by molar-refractivity contribution is 5.30. The van der Waals surface area contributed by atoms with E-state index in [2.05, 4.69) is 5.32 Å². The standard InChI is InChI=1S/C11H17NO3/c1-13-7-11(8-14-2)9-4-6-15-10(9)3-5-12-11/h4,6,12H,3,5,7-8H2,1-2H3. The summed E-state index contributed by atoms with van der Waals surface area (Å²) in [6, 6.07) is 2.00. The Kier molecular flexibility index (Phi) is 3.09. The van der Waals surface area contributed by atoms with E-state index >= 15 is 0 Å². The van der Waals surface area contributed by atoms with Crippen LogP contribution < -0.4 is 5.32 Å². The van der Waals surface area contributed by atoms with Crippen molar-refractivity contribution >= 4 is 0 Å². The molecule has 1 aromatic rings. The number of methoxy groups -OCH3 is 2. The summed E-state index contributed by atoms with van der Waals surface area (Å²) in [6.45, 7) is 2.08. The highest BCUT2D eigenvalue weighted by atomic mass is 16.5. The molecule has 0 radical (unpaired) electrons. The van der Waals surface area contributed by atoms with Crippen molar-refractivity contribution in [3.8, 4) is 0 Å². The van der Waals surface area contributed by atoms with Crippen molar-refractivity contribution in [3.05, 3.63) is 23.7 Å². The van der Waals surface area contributed by atoms with Gasteiger partial charge in [-0.2, -0.15) is 0 Å². The van der Waals surface area contributed by atoms with E-state index in [0.29, 0.717) is 13.2 Å². The molecule has 4 nitrogen and oxygen atoms in total. The summed E-state index contributed by atoms with van der Waals surface area (Å²) in [4.78, 5) is 0. The fraction of sp³-hybridized carbons (Fsp3) is 0.636. The van der Waals surface area contributed by atoms with Gasteiger partial charge in [0, 0.05) is 32.7 Å². The highest BCUT2D eigenvalue weighted by Gasteiger charge is 2.38. The van der Waals surface area contributed by atoms with Crippen molar-refractivity contribution < 1.29 is 13.9 Å². The number of nitrogens with one attached hydrogen (secondary N) is 1. The summed E-state index contributed by atoms with van der Waals surface area (Å²) in [5.74, 6) is 1.04. The number of ether oxygens (including phenoxy) is 2. The van der Waals surface area contributed by atoms with E-state index in [1.165, 1.54) is 0 Å². The van der Waals surface area contributed by atoms with E-state index in [-0.39, 0.29) is 5.54 Å². The number of hydrogen-bond donors (Lipinski definition) is 1. The third-order valence-corrected chi connectivity index (χ3v) is 2.86. The molecule has 0 unspecified atom stereocenters. The van der Waals surface area contributed by atoms with Crippen molar-refractivity contribution in [2.75, 3.05) is 34.0 Å². The first-order valence-corrected chi connectivity index (χ1v) is 5.12. The van der Waals surface area contributed by atoms with Crippen LogP contribution in [-0.2, 0) is 21.4 Å². The van der Waals surface area contributed by atoms with E-state index < -0.39 is 0 Å². The van der Waals surface area contributed by atoms with Gasteiger partial charge in [-0.15, -0.1) is 0 Å². The topological polar surface area (TPSA) is 43.6 Å². The van der Waals surface area contributed by atoms with Crippen LogP contribution in [-0.4, -0.2) is 34.0 Å². The lowest BCUT2D eigenvalue weighted by molar-refractivity contribution is 0.0347. The zero-order valence-electron chi connectivity index (χ0n) is 9.21. The zero-order valence-corrected chi connectivity index (χ0v) is 9.21. The molecule has 0 aromatic carbocycles. The molecule has 84 valence electrons. The van der Waals surface area contributed by atoms with Gasteiger partial charge in [0.2, 0.25) is 0 Å². The molecule has 0 atom stereocenters. The van der Waals surface area contributed by atoms with Crippen LogP contribution in [0.5, 0.6) is 0 Å². The van der Waals surface area contributed by atoms with Crippen LogP contribution in [0.4, 0.5) is 0 Å². The Morgan fingerprint density at radius 1 is 1.40 bits per heavy atom. The maximum absolute atomic E-state index is 5.45. The van der Waals surface area contributed by atoms with Crippen LogP contribution in [0.1, 0.15) is 11.3 Å². The molecule has 0 fully saturated rings. The second-order valence-electron chi connectivity index (χ2n) is 3.88. The van der Waals surface area contributed by atoms with Gasteiger partial charge in [0.25, 0.3) is 0 Å². The summed E-state index contributed by atoms with van der Waals surface area (Å²) in [5, 5.41) is 3.47. The molecule has 0 bridgehead atoms. The molecule has 1 aromatic heterocycles. The molecule has 4 heteroatoms. The van der Waals surface area contributed by atoms with Crippen LogP contribution >= 0.6 is 0 Å². The molecule has 0 amide bonds. The lowest BCUT2D eigenvalue weighted by Crippen LogP contribution is -2.53. The molecular formula is C11H17NO3. The van der Waals surface area contributed by atoms with Gasteiger partial charge in [0.1, 0.15) is 5.76 Å². The monoisotopic (exact) mass is 211 g/mol. The molecule has 0 saturated heterocycles. The van der Waals surface area contributed by atoms with Crippen molar-refractivity contribution in [3.63, 3.8) is 0 Å². The number of furan rings is 1. The lowest BCUT2D eigenvalue weighted by Gasteiger charge is -2.36. The minimum absolute atomic E-state index is 0.246. The highest BCUT2D eigenvalue weighted by Crippen LogP contribution is 2.30. The second kappa shape index (κ2) is 4.35. The second-order valence-corrected chi connectivity index (χ2v) is 3.88. The number of rotatable bonds is 4. The van der Waals surface area contributed by atoms with Gasteiger partial charge in [0.15, 0.2) is 0 Å². The van der Waals surface area contributed by atoms with Crippen LogP contribution in [0, 0.1) is 0 Å². The van der Waals surface area contributed by atoms with E-state index in [4.69, 9.17) is 13.9 Å². The average Bonchev–Trinajstić information content (AvgIpc) is 2.68. The largest absolute Gasteiger partial charge is 0.469 e. The molecule has 0 aliphatic carbocycles. The van der Waals surface area contributed by atoms with Gasteiger partial charge < -0.3 is 19.2 Å². The van der Waals surface area contributed by atoms with Gasteiger partial charge in [-0.05, 0) is 6.07 Å². The van der Waals surface area contributed by atoms with Crippen molar-refractivity contribution in [2.24, 2.45) is 0 Å². The van der Waals surface area contributed by atoms with Crippen molar-refractivity contribution in [1.82, 2.24) is 5.32 Å². The van der Waals surface area contributed by atoms with Gasteiger partial charge in [-0.3, -0.25) is 0 Å². The van der Waals surface area contributed by atoms with E-state index in [1.54, 1.807) is 20.5 Å². The van der Waals surface area contributed by atoms with Crippen LogP contribution in [0.15, 0.2) is 16.7 Å². The molecular weight excluding hydrogens is 194 g/mol. The normalized spacial score (nSPS) is 18.8. The van der Waals surface area contributed by atoms with E-state index in [1.807, 2.05) is 6.07 Å². The number of fused-ring (bicyclic) bond motifs is 1. The molecule has 15 heavy (non-hydrogen) atoms. The van der Waals surface area contributed by atoms with Gasteiger partial charge in [0.05, 0.1) is 25.0 Å². The van der Waals surface area contributed by atoms with E-state index in [0.717, 1.165) is 24.3 Å². The molecule has 1 aliphatic rings. The molecule has 2 heterocycles. The summed E-state index contributed by atoms with van der Waals surface area (Å²) in [5.41, 5.74) is 0.918. The Balaban J connectivity index is 2.33. The van der Waals surface area contributed by atoms with Gasteiger partial charge in [-0.1, -0.05) is 0 Å². The summed E-state index contributed by atoms with van der Waals surface area (Å²) < 4.78 is 16.0. The van der Waals surface area contributed by atoms with E-state index in [9.17, 15) is 0 Å². The predicted molar refractivity (Wildman–Crippen MR) is 55.8 cm³/mol. The first kappa shape index (κ1) is 10.7. The quantitative estimate of drug-likeness (QED) is 0.804. The molecule has 0 saturated carbocycles. The number of hydrogen-bond acceptors (Lipinski definition) is 4. The summed E-state index contributed by atoms with van der Waals surface area (Å²) in [7, 11) is 3.40. The third-order valence-electron chi connectivity index (χ3n) is 2.86. The Morgan fingerprint density at radius 3 is 2.80 bits per heavy atom. The molecule has 1 aliphatic heterocycles. The molecule has 0 spiro atoms. The van der Waals surface area contributed by atoms with Crippen LogP contribution in [0.25, 0.3) is 0 Å².